The lowest BCUT2D eigenvalue weighted by molar-refractivity contribution is 0.0939. The summed E-state index contributed by atoms with van der Waals surface area (Å²) >= 11 is 0. The van der Waals surface area contributed by atoms with Crippen LogP contribution in [0.25, 0.3) is 0 Å². The molecule has 0 unspecified atom stereocenters. The lowest BCUT2D eigenvalue weighted by atomic mass is 9.96. The Labute approximate surface area is 78.8 Å². The van der Waals surface area contributed by atoms with E-state index in [-0.39, 0.29) is 11.7 Å². The van der Waals surface area contributed by atoms with Gasteiger partial charge < -0.3 is 5.73 Å². The predicted octanol–water partition coefficient (Wildman–Crippen LogP) is 2.42. The summed E-state index contributed by atoms with van der Waals surface area (Å²) in [5.41, 5.74) is 8.03. The molecule has 0 aliphatic heterocycles. The number of carbonyl (C=O) groups is 1. The van der Waals surface area contributed by atoms with E-state index in [1.807, 2.05) is 39.0 Å². The molecule has 0 spiro atoms. The van der Waals surface area contributed by atoms with Crippen LogP contribution in [0.1, 0.15) is 29.8 Å². The number of hydrogen-bond acceptors (Lipinski definition) is 2. The van der Waals surface area contributed by atoms with Gasteiger partial charge in [0.05, 0.1) is 0 Å². The Morgan fingerprint density at radius 1 is 1.38 bits per heavy atom. The number of Topliss-reactive ketones (excluding diaryl/α,β-unsaturated/α-hetero) is 1. The highest BCUT2D eigenvalue weighted by molar-refractivity contribution is 5.99. The lowest BCUT2D eigenvalue weighted by Gasteiger charge is -2.08. The minimum atomic E-state index is 0.0282. The van der Waals surface area contributed by atoms with Gasteiger partial charge in [0.1, 0.15) is 0 Å². The number of carbonyl (C=O) groups excluding carboxylic acids is 1. The molecule has 13 heavy (non-hydrogen) atoms. The van der Waals surface area contributed by atoms with Crippen LogP contribution >= 0.6 is 0 Å². The molecule has 0 atom stereocenters. The van der Waals surface area contributed by atoms with Crippen molar-refractivity contribution in [1.82, 2.24) is 0 Å². The Bertz CT molecular complexity index is 329. The topological polar surface area (TPSA) is 43.1 Å². The Morgan fingerprint density at radius 2 is 2.00 bits per heavy atom. The molecule has 2 N–H and O–H groups in total. The van der Waals surface area contributed by atoms with Crippen molar-refractivity contribution in [3.8, 4) is 0 Å². The molecular formula is C11H15NO. The first-order valence-corrected chi connectivity index (χ1v) is 4.43. The monoisotopic (exact) mass is 177 g/mol. The molecule has 0 bridgehead atoms. The van der Waals surface area contributed by atoms with Crippen molar-refractivity contribution in [1.29, 1.82) is 0 Å². The van der Waals surface area contributed by atoms with Crippen LogP contribution in [0.4, 0.5) is 5.69 Å². The molecule has 2 nitrogen and oxygen atoms in total. The van der Waals surface area contributed by atoms with Gasteiger partial charge in [-0.2, -0.15) is 0 Å². The van der Waals surface area contributed by atoms with Gasteiger partial charge >= 0.3 is 0 Å². The Kier molecular flexibility index (Phi) is 2.71. The van der Waals surface area contributed by atoms with Crippen molar-refractivity contribution in [2.75, 3.05) is 5.73 Å². The van der Waals surface area contributed by atoms with Crippen LogP contribution in [-0.4, -0.2) is 5.78 Å². The third-order valence-corrected chi connectivity index (χ3v) is 2.17. The van der Waals surface area contributed by atoms with Crippen molar-refractivity contribution in [2.24, 2.45) is 5.92 Å². The Morgan fingerprint density at radius 3 is 2.54 bits per heavy atom. The molecule has 2 heteroatoms. The van der Waals surface area contributed by atoms with Crippen LogP contribution in [0.15, 0.2) is 18.2 Å². The second-order valence-electron chi connectivity index (χ2n) is 3.54. The maximum atomic E-state index is 11.7. The minimum absolute atomic E-state index is 0.0282. The van der Waals surface area contributed by atoms with E-state index in [4.69, 9.17) is 5.73 Å². The fourth-order valence-corrected chi connectivity index (χ4v) is 1.23. The molecule has 1 aromatic carbocycles. The SMILES string of the molecule is Cc1c(N)cccc1C(=O)C(C)C. The van der Waals surface area contributed by atoms with E-state index < -0.39 is 0 Å². The van der Waals surface area contributed by atoms with E-state index in [0.29, 0.717) is 5.69 Å². The van der Waals surface area contributed by atoms with E-state index >= 15 is 0 Å². The number of ketones is 1. The van der Waals surface area contributed by atoms with Crippen molar-refractivity contribution in [2.45, 2.75) is 20.8 Å². The smallest absolute Gasteiger partial charge is 0.165 e. The predicted molar refractivity (Wildman–Crippen MR) is 54.8 cm³/mol. The third-order valence-electron chi connectivity index (χ3n) is 2.17. The fourth-order valence-electron chi connectivity index (χ4n) is 1.23. The molecule has 0 saturated heterocycles. The molecule has 0 fully saturated rings. The minimum Gasteiger partial charge on any atom is -0.398 e. The second-order valence-corrected chi connectivity index (χ2v) is 3.54. The largest absolute Gasteiger partial charge is 0.398 e. The van der Waals surface area contributed by atoms with Gasteiger partial charge in [-0.1, -0.05) is 26.0 Å². The molecule has 70 valence electrons. The van der Waals surface area contributed by atoms with Crippen LogP contribution in [0.3, 0.4) is 0 Å². The molecule has 0 aromatic heterocycles. The first kappa shape index (κ1) is 9.78. The van der Waals surface area contributed by atoms with E-state index in [1.54, 1.807) is 0 Å². The summed E-state index contributed by atoms with van der Waals surface area (Å²) < 4.78 is 0. The van der Waals surface area contributed by atoms with Gasteiger partial charge in [-0.05, 0) is 18.6 Å². The van der Waals surface area contributed by atoms with E-state index in [9.17, 15) is 4.79 Å². The standard InChI is InChI=1S/C11H15NO/c1-7(2)11(13)9-5-4-6-10(12)8(9)3/h4-7H,12H2,1-3H3. The first-order chi connectivity index (χ1) is 6.04. The second kappa shape index (κ2) is 3.60. The normalized spacial score (nSPS) is 10.5. The number of hydrogen-bond donors (Lipinski definition) is 1. The summed E-state index contributed by atoms with van der Waals surface area (Å²) in [6.07, 6.45) is 0. The molecule has 0 aliphatic carbocycles. The highest BCUT2D eigenvalue weighted by Crippen LogP contribution is 2.18. The van der Waals surface area contributed by atoms with Gasteiger partial charge in [0.15, 0.2) is 5.78 Å². The highest BCUT2D eigenvalue weighted by atomic mass is 16.1. The molecule has 1 aromatic rings. The number of benzene rings is 1. The van der Waals surface area contributed by atoms with E-state index in [2.05, 4.69) is 0 Å². The van der Waals surface area contributed by atoms with Crippen LogP contribution in [0.2, 0.25) is 0 Å². The Hall–Kier alpha value is -1.31. The van der Waals surface area contributed by atoms with Gasteiger partial charge in [-0.15, -0.1) is 0 Å². The van der Waals surface area contributed by atoms with Crippen molar-refractivity contribution < 1.29 is 4.79 Å². The van der Waals surface area contributed by atoms with Crippen LogP contribution in [-0.2, 0) is 0 Å². The van der Waals surface area contributed by atoms with Crippen molar-refractivity contribution >= 4 is 11.5 Å². The molecule has 0 aliphatic rings. The quantitative estimate of drug-likeness (QED) is 0.557. The van der Waals surface area contributed by atoms with E-state index in [0.717, 1.165) is 11.1 Å². The number of anilines is 1. The number of rotatable bonds is 2. The molecule has 0 heterocycles. The lowest BCUT2D eigenvalue weighted by Crippen LogP contribution is -2.10. The number of nitrogen functional groups attached to an aromatic ring is 1. The molecule has 0 amide bonds. The van der Waals surface area contributed by atoms with Gasteiger partial charge in [-0.25, -0.2) is 0 Å². The highest BCUT2D eigenvalue weighted by Gasteiger charge is 2.13. The number of nitrogens with two attached hydrogens (primary N) is 1. The van der Waals surface area contributed by atoms with Gasteiger partial charge in [0, 0.05) is 17.2 Å². The molecular weight excluding hydrogens is 162 g/mol. The molecule has 0 saturated carbocycles. The van der Waals surface area contributed by atoms with Crippen molar-refractivity contribution in [3.05, 3.63) is 29.3 Å². The zero-order chi connectivity index (χ0) is 10.0. The van der Waals surface area contributed by atoms with Crippen LogP contribution in [0, 0.1) is 12.8 Å². The average molecular weight is 177 g/mol. The maximum absolute atomic E-state index is 11.7. The Balaban J connectivity index is 3.15. The molecule has 0 radical (unpaired) electrons. The summed E-state index contributed by atoms with van der Waals surface area (Å²) in [7, 11) is 0. The van der Waals surface area contributed by atoms with Gasteiger partial charge in [0.2, 0.25) is 0 Å². The van der Waals surface area contributed by atoms with Crippen molar-refractivity contribution in [3.63, 3.8) is 0 Å². The molecule has 1 rings (SSSR count). The third kappa shape index (κ3) is 1.89. The summed E-state index contributed by atoms with van der Waals surface area (Å²) in [4.78, 5) is 11.7. The summed E-state index contributed by atoms with van der Waals surface area (Å²) in [6.45, 7) is 5.67. The zero-order valence-corrected chi connectivity index (χ0v) is 8.29. The van der Waals surface area contributed by atoms with Gasteiger partial charge in [0.25, 0.3) is 0 Å². The van der Waals surface area contributed by atoms with Crippen LogP contribution in [0.5, 0.6) is 0 Å². The van der Waals surface area contributed by atoms with Crippen LogP contribution < -0.4 is 5.73 Å². The van der Waals surface area contributed by atoms with E-state index in [1.165, 1.54) is 0 Å². The average Bonchev–Trinajstić information content (AvgIpc) is 2.08. The zero-order valence-electron chi connectivity index (χ0n) is 8.29. The first-order valence-electron chi connectivity index (χ1n) is 4.43. The maximum Gasteiger partial charge on any atom is 0.165 e. The summed E-state index contributed by atoms with van der Waals surface area (Å²) in [6, 6.07) is 5.46. The summed E-state index contributed by atoms with van der Waals surface area (Å²) in [5, 5.41) is 0. The van der Waals surface area contributed by atoms with Gasteiger partial charge in [-0.3, -0.25) is 4.79 Å². The summed E-state index contributed by atoms with van der Waals surface area (Å²) in [5.74, 6) is 0.185. The fraction of sp³-hybridized carbons (Fsp3) is 0.364.